The number of hydrogen-bond acceptors (Lipinski definition) is 4. The minimum absolute atomic E-state index is 0.0496. The minimum Gasteiger partial charge on any atom is -0.444 e. The molecule has 1 N–H and O–H groups in total. The largest absolute Gasteiger partial charge is 0.444 e. The summed E-state index contributed by atoms with van der Waals surface area (Å²) < 4.78 is 11.7. The second-order valence-corrected chi connectivity index (χ2v) is 10.1. The Morgan fingerprint density at radius 2 is 1.90 bits per heavy atom. The van der Waals surface area contributed by atoms with E-state index in [0.717, 1.165) is 38.1 Å². The molecule has 5 nitrogen and oxygen atoms in total. The van der Waals surface area contributed by atoms with Crippen LogP contribution >= 0.6 is 23.2 Å². The molecule has 1 aliphatic heterocycles. The Labute approximate surface area is 184 Å². The third-order valence-electron chi connectivity index (χ3n) is 5.13. The number of likely N-dealkylation sites (tertiary alicyclic amines) is 1. The van der Waals surface area contributed by atoms with Crippen LogP contribution in [-0.4, -0.2) is 48.6 Å². The van der Waals surface area contributed by atoms with Crippen molar-refractivity contribution in [2.45, 2.75) is 70.7 Å². The van der Waals surface area contributed by atoms with Crippen molar-refractivity contribution >= 4 is 29.3 Å². The van der Waals surface area contributed by atoms with Gasteiger partial charge in [-0.15, -0.1) is 0 Å². The highest BCUT2D eigenvalue weighted by molar-refractivity contribution is 6.34. The lowest BCUT2D eigenvalue weighted by molar-refractivity contribution is -0.0745. The number of hydrogen-bond donors (Lipinski definition) is 1. The first-order valence-corrected chi connectivity index (χ1v) is 11.2. The van der Waals surface area contributed by atoms with Gasteiger partial charge in [0.1, 0.15) is 11.8 Å². The zero-order valence-electron chi connectivity index (χ0n) is 17.5. The first-order chi connectivity index (χ1) is 13.7. The van der Waals surface area contributed by atoms with E-state index in [-0.39, 0.29) is 18.4 Å². The third-order valence-corrected chi connectivity index (χ3v) is 5.57. The fraction of sp³-hybridized carbons (Fsp3) is 0.682. The van der Waals surface area contributed by atoms with Crippen molar-refractivity contribution in [3.05, 3.63) is 33.8 Å². The van der Waals surface area contributed by atoms with Crippen LogP contribution in [0.2, 0.25) is 10.0 Å². The van der Waals surface area contributed by atoms with Crippen molar-refractivity contribution in [3.63, 3.8) is 0 Å². The second kappa shape index (κ2) is 9.86. The van der Waals surface area contributed by atoms with Crippen LogP contribution < -0.4 is 5.32 Å². The number of alkyl carbamates (subject to hydrolysis) is 1. The molecule has 1 saturated heterocycles. The van der Waals surface area contributed by atoms with E-state index in [0.29, 0.717) is 22.4 Å². The molecule has 2 aliphatic rings. The number of amides is 1. The van der Waals surface area contributed by atoms with E-state index in [9.17, 15) is 4.79 Å². The Bertz CT molecular complexity index is 684. The molecule has 0 bridgehead atoms. The molecule has 1 amide bonds. The van der Waals surface area contributed by atoms with E-state index >= 15 is 0 Å². The van der Waals surface area contributed by atoms with Gasteiger partial charge in [-0.05, 0) is 76.1 Å². The summed E-state index contributed by atoms with van der Waals surface area (Å²) in [6.07, 6.45) is 4.73. The SMILES string of the molecule is CC(C)(C)OC(=O)N[C@@H]1CCCN(C(Cc2cc(Cl)cc(Cl)c2)OCC2CC2)C1. The smallest absolute Gasteiger partial charge is 0.407 e. The fourth-order valence-corrected chi connectivity index (χ4v) is 4.19. The third kappa shape index (κ3) is 7.97. The maximum absolute atomic E-state index is 12.2. The first-order valence-electron chi connectivity index (χ1n) is 10.5. The average Bonchev–Trinajstić information content (AvgIpc) is 3.40. The predicted molar refractivity (Wildman–Crippen MR) is 117 cm³/mol. The number of rotatable bonds is 7. The van der Waals surface area contributed by atoms with Crippen molar-refractivity contribution in [1.82, 2.24) is 10.2 Å². The summed E-state index contributed by atoms with van der Waals surface area (Å²) in [4.78, 5) is 14.5. The van der Waals surface area contributed by atoms with Gasteiger partial charge in [-0.3, -0.25) is 4.90 Å². The molecular formula is C22H32Cl2N2O3. The van der Waals surface area contributed by atoms with Crippen molar-refractivity contribution in [3.8, 4) is 0 Å². The maximum atomic E-state index is 12.2. The van der Waals surface area contributed by atoms with Gasteiger partial charge >= 0.3 is 6.09 Å². The summed E-state index contributed by atoms with van der Waals surface area (Å²) in [7, 11) is 0. The number of piperidine rings is 1. The van der Waals surface area contributed by atoms with Gasteiger partial charge in [0.2, 0.25) is 0 Å². The Kier molecular flexibility index (Phi) is 7.71. The summed E-state index contributed by atoms with van der Waals surface area (Å²) in [6.45, 7) is 8.07. The molecule has 1 aliphatic carbocycles. The molecular weight excluding hydrogens is 411 g/mol. The van der Waals surface area contributed by atoms with Crippen LogP contribution in [0.15, 0.2) is 18.2 Å². The zero-order valence-corrected chi connectivity index (χ0v) is 19.1. The van der Waals surface area contributed by atoms with Gasteiger partial charge in [0, 0.05) is 35.6 Å². The van der Waals surface area contributed by atoms with Gasteiger partial charge in [-0.25, -0.2) is 4.79 Å². The molecule has 7 heteroatoms. The van der Waals surface area contributed by atoms with Gasteiger partial charge < -0.3 is 14.8 Å². The Morgan fingerprint density at radius 3 is 2.52 bits per heavy atom. The van der Waals surface area contributed by atoms with Gasteiger partial charge in [0.15, 0.2) is 0 Å². The van der Waals surface area contributed by atoms with Crippen LogP contribution in [0.3, 0.4) is 0 Å². The number of carbonyl (C=O) groups is 1. The quantitative estimate of drug-likeness (QED) is 0.623. The van der Waals surface area contributed by atoms with E-state index in [1.807, 2.05) is 32.9 Å². The van der Waals surface area contributed by atoms with Crippen LogP contribution in [0, 0.1) is 5.92 Å². The normalized spacial score (nSPS) is 21.6. The highest BCUT2D eigenvalue weighted by Crippen LogP contribution is 2.30. The van der Waals surface area contributed by atoms with Crippen LogP contribution in [-0.2, 0) is 15.9 Å². The van der Waals surface area contributed by atoms with Crippen molar-refractivity contribution in [1.29, 1.82) is 0 Å². The first kappa shape index (κ1) is 22.7. The Morgan fingerprint density at radius 1 is 1.21 bits per heavy atom. The number of carbonyl (C=O) groups excluding carboxylic acids is 1. The molecule has 0 spiro atoms. The molecule has 2 atom stereocenters. The lowest BCUT2D eigenvalue weighted by atomic mass is 10.0. The molecule has 0 aromatic heterocycles. The highest BCUT2D eigenvalue weighted by Gasteiger charge is 2.30. The van der Waals surface area contributed by atoms with Crippen LogP contribution in [0.25, 0.3) is 0 Å². The molecule has 1 aromatic carbocycles. The van der Waals surface area contributed by atoms with Crippen LogP contribution in [0.4, 0.5) is 4.79 Å². The molecule has 1 unspecified atom stereocenters. The lowest BCUT2D eigenvalue weighted by Crippen LogP contribution is -2.53. The summed E-state index contributed by atoms with van der Waals surface area (Å²) in [5.41, 5.74) is 0.561. The van der Waals surface area contributed by atoms with E-state index in [1.165, 1.54) is 12.8 Å². The molecule has 2 fully saturated rings. The van der Waals surface area contributed by atoms with Crippen molar-refractivity contribution < 1.29 is 14.3 Å². The number of nitrogens with one attached hydrogen (secondary N) is 1. The predicted octanol–water partition coefficient (Wildman–Crippen LogP) is 5.28. The molecule has 29 heavy (non-hydrogen) atoms. The number of halogens is 2. The molecule has 162 valence electrons. The standard InChI is InChI=1S/C22H32Cl2N2O3/c1-22(2,3)29-21(27)25-19-5-4-8-26(13-19)20(28-14-15-6-7-15)11-16-9-17(23)12-18(24)10-16/h9-10,12,15,19-20H,4-8,11,13-14H2,1-3H3,(H,25,27)/t19-,20?/m1/s1. The average molecular weight is 443 g/mol. The summed E-state index contributed by atoms with van der Waals surface area (Å²) in [5.74, 6) is 0.681. The van der Waals surface area contributed by atoms with Crippen LogP contribution in [0.1, 0.15) is 52.0 Å². The number of nitrogens with zero attached hydrogens (tertiary/aromatic N) is 1. The Hall–Kier alpha value is -1.01. The molecule has 3 rings (SSSR count). The zero-order chi connectivity index (χ0) is 21.0. The fourth-order valence-electron chi connectivity index (χ4n) is 3.62. The van der Waals surface area contributed by atoms with Gasteiger partial charge in [-0.2, -0.15) is 0 Å². The summed E-state index contributed by atoms with van der Waals surface area (Å²) in [5, 5.41) is 4.29. The number of ether oxygens (including phenoxy) is 2. The molecule has 1 heterocycles. The second-order valence-electron chi connectivity index (χ2n) is 9.19. The summed E-state index contributed by atoms with van der Waals surface area (Å²) >= 11 is 12.4. The monoisotopic (exact) mass is 442 g/mol. The maximum Gasteiger partial charge on any atom is 0.407 e. The van der Waals surface area contributed by atoms with Gasteiger partial charge in [0.25, 0.3) is 0 Å². The van der Waals surface area contributed by atoms with Gasteiger partial charge in [0.05, 0.1) is 6.61 Å². The molecule has 1 saturated carbocycles. The Balaban J connectivity index is 1.63. The van der Waals surface area contributed by atoms with E-state index in [4.69, 9.17) is 32.7 Å². The van der Waals surface area contributed by atoms with E-state index in [1.54, 1.807) is 6.07 Å². The minimum atomic E-state index is -0.500. The lowest BCUT2D eigenvalue weighted by Gasteiger charge is -2.38. The number of benzene rings is 1. The van der Waals surface area contributed by atoms with Gasteiger partial charge in [-0.1, -0.05) is 23.2 Å². The van der Waals surface area contributed by atoms with Crippen molar-refractivity contribution in [2.24, 2.45) is 5.92 Å². The van der Waals surface area contributed by atoms with Crippen LogP contribution in [0.5, 0.6) is 0 Å². The van der Waals surface area contributed by atoms with E-state index < -0.39 is 5.60 Å². The molecule has 0 radical (unpaired) electrons. The van der Waals surface area contributed by atoms with Crippen molar-refractivity contribution in [2.75, 3.05) is 19.7 Å². The summed E-state index contributed by atoms with van der Waals surface area (Å²) in [6, 6.07) is 5.69. The van der Waals surface area contributed by atoms with E-state index in [2.05, 4.69) is 10.2 Å². The highest BCUT2D eigenvalue weighted by atomic mass is 35.5. The topological polar surface area (TPSA) is 50.8 Å². The molecule has 1 aromatic rings.